The molecule has 2 heteroatoms. The van der Waals surface area contributed by atoms with Crippen LogP contribution >= 0.6 is 0 Å². The fourth-order valence-corrected chi connectivity index (χ4v) is 1.64. The van der Waals surface area contributed by atoms with Gasteiger partial charge in [-0.3, -0.25) is 0 Å². The molecule has 1 radical (unpaired) electrons. The van der Waals surface area contributed by atoms with E-state index in [2.05, 4.69) is 12.1 Å². The molecule has 2 aromatic carbocycles. The molecule has 0 saturated carbocycles. The lowest BCUT2D eigenvalue weighted by Gasteiger charge is -2.13. The van der Waals surface area contributed by atoms with E-state index < -0.39 is 0 Å². The van der Waals surface area contributed by atoms with Gasteiger partial charge in [-0.05, 0) is 17.7 Å². The maximum Gasteiger partial charge on any atom is 0.0447 e. The van der Waals surface area contributed by atoms with Crippen LogP contribution in [0.5, 0.6) is 0 Å². The lowest BCUT2D eigenvalue weighted by Crippen LogP contribution is -2.08. The second-order valence-electron chi connectivity index (χ2n) is 3.94. The third-order valence-corrected chi connectivity index (χ3v) is 2.54. The Morgan fingerprint density at radius 3 is 2.56 bits per heavy atom. The van der Waals surface area contributed by atoms with E-state index in [0.717, 1.165) is 22.5 Å². The number of hydrogen-bond acceptors (Lipinski definition) is 2. The molecule has 0 aliphatic rings. The quantitative estimate of drug-likeness (QED) is 0.774. The van der Waals surface area contributed by atoms with Gasteiger partial charge in [-0.25, -0.2) is 0 Å². The molecule has 16 heavy (non-hydrogen) atoms. The summed E-state index contributed by atoms with van der Waals surface area (Å²) < 4.78 is 0. The molecular weight excluding hydrogens is 196 g/mol. The van der Waals surface area contributed by atoms with E-state index >= 15 is 0 Å². The van der Waals surface area contributed by atoms with Crippen LogP contribution in [0.15, 0.2) is 42.5 Å². The summed E-state index contributed by atoms with van der Waals surface area (Å²) in [6, 6.07) is 17.1. The average Bonchev–Trinajstić information content (AvgIpc) is 2.30. The van der Waals surface area contributed by atoms with Gasteiger partial charge in [0.25, 0.3) is 0 Å². The summed E-state index contributed by atoms with van der Waals surface area (Å²) in [4.78, 5) is 2.03. The van der Waals surface area contributed by atoms with Crippen LogP contribution in [0.25, 0.3) is 11.1 Å². The third-order valence-electron chi connectivity index (χ3n) is 2.54. The summed E-state index contributed by atoms with van der Waals surface area (Å²) in [5.41, 5.74) is 10.0. The maximum atomic E-state index is 5.95. The Morgan fingerprint density at radius 2 is 1.88 bits per heavy atom. The number of benzene rings is 2. The SMILES string of the molecule is CN(C)c1[c]ccc(-c2ccccc2N)c1. The summed E-state index contributed by atoms with van der Waals surface area (Å²) in [7, 11) is 4.01. The molecule has 2 aromatic rings. The van der Waals surface area contributed by atoms with E-state index in [9.17, 15) is 0 Å². The Labute approximate surface area is 96.3 Å². The topological polar surface area (TPSA) is 29.3 Å². The first kappa shape index (κ1) is 10.6. The molecule has 2 N–H and O–H groups in total. The molecule has 0 unspecified atom stereocenters. The minimum absolute atomic E-state index is 0.804. The fraction of sp³-hybridized carbons (Fsp3) is 0.143. The van der Waals surface area contributed by atoms with Crippen LogP contribution in [-0.4, -0.2) is 14.1 Å². The first-order valence-corrected chi connectivity index (χ1v) is 5.22. The van der Waals surface area contributed by atoms with Crippen LogP contribution in [0.4, 0.5) is 11.4 Å². The average molecular weight is 211 g/mol. The predicted octanol–water partition coefficient (Wildman–Crippen LogP) is 2.80. The molecule has 0 atom stereocenters. The second-order valence-corrected chi connectivity index (χ2v) is 3.94. The zero-order chi connectivity index (χ0) is 11.5. The first-order valence-electron chi connectivity index (χ1n) is 5.22. The van der Waals surface area contributed by atoms with Crippen molar-refractivity contribution in [3.05, 3.63) is 48.5 Å². The van der Waals surface area contributed by atoms with E-state index in [1.54, 1.807) is 0 Å². The minimum atomic E-state index is 0.804. The molecule has 0 heterocycles. The highest BCUT2D eigenvalue weighted by Gasteiger charge is 2.03. The zero-order valence-electron chi connectivity index (χ0n) is 9.57. The van der Waals surface area contributed by atoms with Crippen molar-refractivity contribution in [2.45, 2.75) is 0 Å². The van der Waals surface area contributed by atoms with E-state index in [4.69, 9.17) is 5.73 Å². The Morgan fingerprint density at radius 1 is 1.12 bits per heavy atom. The number of nitrogen functional groups attached to an aromatic ring is 1. The standard InChI is InChI=1S/C14H15N2/c1-16(2)12-7-5-6-11(10-12)13-8-3-4-9-14(13)15/h3-6,8-10H,15H2,1-2H3. The number of hydrogen-bond donors (Lipinski definition) is 1. The van der Waals surface area contributed by atoms with Crippen LogP contribution < -0.4 is 10.6 Å². The number of para-hydroxylation sites is 1. The molecule has 81 valence electrons. The molecule has 0 saturated heterocycles. The minimum Gasteiger partial charge on any atom is -0.398 e. The zero-order valence-corrected chi connectivity index (χ0v) is 9.57. The Bertz CT molecular complexity index is 490. The lowest BCUT2D eigenvalue weighted by molar-refractivity contribution is 1.13. The first-order chi connectivity index (χ1) is 7.68. The number of nitrogens with zero attached hydrogens (tertiary/aromatic N) is 1. The van der Waals surface area contributed by atoms with Gasteiger partial charge in [-0.1, -0.05) is 30.3 Å². The van der Waals surface area contributed by atoms with Crippen molar-refractivity contribution >= 4 is 11.4 Å². The summed E-state index contributed by atoms with van der Waals surface area (Å²) in [5.74, 6) is 0. The van der Waals surface area contributed by atoms with Crippen LogP contribution in [0, 0.1) is 6.07 Å². The van der Waals surface area contributed by atoms with E-state index in [0.29, 0.717) is 0 Å². The summed E-state index contributed by atoms with van der Waals surface area (Å²) in [5, 5.41) is 0. The third kappa shape index (κ3) is 2.01. The number of nitrogens with two attached hydrogens (primary N) is 1. The van der Waals surface area contributed by atoms with Crippen LogP contribution in [0.3, 0.4) is 0 Å². The van der Waals surface area contributed by atoms with Gasteiger partial charge in [0.2, 0.25) is 0 Å². The van der Waals surface area contributed by atoms with E-state index in [-0.39, 0.29) is 0 Å². The number of anilines is 2. The highest BCUT2D eigenvalue weighted by Crippen LogP contribution is 2.27. The van der Waals surface area contributed by atoms with Crippen LogP contribution in [0.2, 0.25) is 0 Å². The predicted molar refractivity (Wildman–Crippen MR) is 69.5 cm³/mol. The second kappa shape index (κ2) is 4.27. The molecule has 2 rings (SSSR count). The summed E-state index contributed by atoms with van der Waals surface area (Å²) in [6.45, 7) is 0. The van der Waals surface area contributed by atoms with Gasteiger partial charge in [-0.15, -0.1) is 0 Å². The molecule has 0 bridgehead atoms. The normalized spacial score (nSPS) is 10.1. The van der Waals surface area contributed by atoms with Crippen molar-refractivity contribution < 1.29 is 0 Å². The van der Waals surface area contributed by atoms with Crippen molar-refractivity contribution in [1.82, 2.24) is 0 Å². The maximum absolute atomic E-state index is 5.95. The Hall–Kier alpha value is -1.96. The lowest BCUT2D eigenvalue weighted by atomic mass is 10.0. The van der Waals surface area contributed by atoms with Gasteiger partial charge < -0.3 is 10.6 Å². The van der Waals surface area contributed by atoms with Gasteiger partial charge in [0.1, 0.15) is 0 Å². The summed E-state index contributed by atoms with van der Waals surface area (Å²) >= 11 is 0. The molecule has 2 nitrogen and oxygen atoms in total. The molecule has 0 amide bonds. The smallest absolute Gasteiger partial charge is 0.0447 e. The Balaban J connectivity index is 2.49. The molecule has 0 aliphatic heterocycles. The van der Waals surface area contributed by atoms with E-state index in [1.807, 2.05) is 55.4 Å². The van der Waals surface area contributed by atoms with Crippen molar-refractivity contribution in [2.75, 3.05) is 24.7 Å². The molecule has 0 fully saturated rings. The van der Waals surface area contributed by atoms with Crippen LogP contribution in [-0.2, 0) is 0 Å². The van der Waals surface area contributed by atoms with Crippen molar-refractivity contribution in [3.63, 3.8) is 0 Å². The fourth-order valence-electron chi connectivity index (χ4n) is 1.64. The van der Waals surface area contributed by atoms with E-state index in [1.165, 1.54) is 0 Å². The van der Waals surface area contributed by atoms with Crippen molar-refractivity contribution in [3.8, 4) is 11.1 Å². The van der Waals surface area contributed by atoms with Gasteiger partial charge in [-0.2, -0.15) is 0 Å². The van der Waals surface area contributed by atoms with Gasteiger partial charge in [0.15, 0.2) is 0 Å². The largest absolute Gasteiger partial charge is 0.398 e. The summed E-state index contributed by atoms with van der Waals surface area (Å²) in [6.07, 6.45) is 0. The molecule has 0 aromatic heterocycles. The monoisotopic (exact) mass is 211 g/mol. The van der Waals surface area contributed by atoms with Crippen molar-refractivity contribution in [1.29, 1.82) is 0 Å². The van der Waals surface area contributed by atoms with Crippen molar-refractivity contribution in [2.24, 2.45) is 0 Å². The van der Waals surface area contributed by atoms with Crippen LogP contribution in [0.1, 0.15) is 0 Å². The molecule has 0 aliphatic carbocycles. The van der Waals surface area contributed by atoms with Gasteiger partial charge in [0, 0.05) is 37.1 Å². The van der Waals surface area contributed by atoms with Gasteiger partial charge >= 0.3 is 0 Å². The molecule has 0 spiro atoms. The number of rotatable bonds is 2. The highest BCUT2D eigenvalue weighted by atomic mass is 15.1. The van der Waals surface area contributed by atoms with Gasteiger partial charge in [0.05, 0.1) is 0 Å². The highest BCUT2D eigenvalue weighted by molar-refractivity contribution is 5.78. The Kier molecular flexibility index (Phi) is 2.82. The molecular formula is C14H15N2.